The van der Waals surface area contributed by atoms with Crippen LogP contribution in [0.25, 0.3) is 11.1 Å². The predicted octanol–water partition coefficient (Wildman–Crippen LogP) is 8.23. The molecule has 0 amide bonds. The maximum Gasteiger partial charge on any atom is 0.0719 e. The maximum atomic E-state index is 6.81. The fourth-order valence-corrected chi connectivity index (χ4v) is 3.83. The lowest BCUT2D eigenvalue weighted by molar-refractivity contribution is 0.867. The molecule has 30 heavy (non-hydrogen) atoms. The van der Waals surface area contributed by atoms with E-state index in [-0.39, 0.29) is 0 Å². The van der Waals surface area contributed by atoms with Gasteiger partial charge in [0.1, 0.15) is 0 Å². The second kappa shape index (κ2) is 11.0. The molecule has 0 spiro atoms. The van der Waals surface area contributed by atoms with Crippen LogP contribution in [-0.2, 0) is 0 Å². The number of aliphatic imine (C=N–C) groups is 1. The first kappa shape index (κ1) is 23.8. The summed E-state index contributed by atoms with van der Waals surface area (Å²) in [6, 6.07) is 12.2. The number of hydrogen-bond acceptors (Lipinski definition) is 3. The molecule has 2 N–H and O–H groups in total. The van der Waals surface area contributed by atoms with Crippen molar-refractivity contribution in [3.63, 3.8) is 0 Å². The van der Waals surface area contributed by atoms with Crippen molar-refractivity contribution in [3.8, 4) is 11.1 Å². The Morgan fingerprint density at radius 2 is 1.67 bits per heavy atom. The van der Waals surface area contributed by atoms with Gasteiger partial charge in [0.15, 0.2) is 0 Å². The molecule has 2 aromatic carbocycles. The van der Waals surface area contributed by atoms with Crippen LogP contribution in [0, 0.1) is 6.92 Å². The van der Waals surface area contributed by atoms with Gasteiger partial charge in [-0.3, -0.25) is 4.99 Å². The molecule has 0 unspecified atom stereocenters. The molecular weight excluding hydrogens is 390 g/mol. The summed E-state index contributed by atoms with van der Waals surface area (Å²) in [5, 5.41) is 7.29. The zero-order valence-corrected chi connectivity index (χ0v) is 19.9. The van der Waals surface area contributed by atoms with E-state index in [9.17, 15) is 0 Å². The Balaban J connectivity index is 2.34. The van der Waals surface area contributed by atoms with E-state index in [1.165, 1.54) is 11.1 Å². The molecule has 0 aliphatic rings. The van der Waals surface area contributed by atoms with Crippen LogP contribution < -0.4 is 10.6 Å². The maximum absolute atomic E-state index is 6.81. The lowest BCUT2D eigenvalue weighted by Crippen LogP contribution is -2.08. The summed E-state index contributed by atoms with van der Waals surface area (Å²) in [6.45, 7) is 14.8. The zero-order chi connectivity index (χ0) is 22.3. The molecule has 0 fully saturated rings. The predicted molar refractivity (Wildman–Crippen MR) is 135 cm³/mol. The third-order valence-corrected chi connectivity index (χ3v) is 5.78. The van der Waals surface area contributed by atoms with Crippen LogP contribution in [0.15, 0.2) is 64.9 Å². The summed E-state index contributed by atoms with van der Waals surface area (Å²) in [7, 11) is 1.93. The largest absolute Gasteiger partial charge is 0.388 e. The molecule has 0 saturated heterocycles. The fourth-order valence-electron chi connectivity index (χ4n) is 3.55. The van der Waals surface area contributed by atoms with Crippen LogP contribution in [0.2, 0.25) is 5.02 Å². The summed E-state index contributed by atoms with van der Waals surface area (Å²) in [6.07, 6.45) is 3.10. The van der Waals surface area contributed by atoms with Gasteiger partial charge in [0.25, 0.3) is 0 Å². The van der Waals surface area contributed by atoms with Crippen LogP contribution in [-0.4, -0.2) is 12.8 Å². The number of allylic oxidation sites excluding steroid dienone is 3. The van der Waals surface area contributed by atoms with E-state index in [0.717, 1.165) is 58.9 Å². The zero-order valence-electron chi connectivity index (χ0n) is 19.1. The topological polar surface area (TPSA) is 36.4 Å². The number of nitrogens with zero attached hydrogens (tertiary/aromatic N) is 1. The number of hydrogen-bond donors (Lipinski definition) is 2. The first-order valence-electron chi connectivity index (χ1n) is 10.6. The molecule has 160 valence electrons. The normalized spacial score (nSPS) is 12.4. The van der Waals surface area contributed by atoms with Gasteiger partial charge in [-0.25, -0.2) is 0 Å². The highest BCUT2D eigenvalue weighted by Gasteiger charge is 2.13. The van der Waals surface area contributed by atoms with Gasteiger partial charge in [0, 0.05) is 24.0 Å². The van der Waals surface area contributed by atoms with Gasteiger partial charge in [-0.15, -0.1) is 0 Å². The van der Waals surface area contributed by atoms with Gasteiger partial charge < -0.3 is 10.6 Å². The third kappa shape index (κ3) is 5.54. The molecule has 0 atom stereocenters. The van der Waals surface area contributed by atoms with Crippen molar-refractivity contribution in [1.82, 2.24) is 0 Å². The number of nitrogens with one attached hydrogen (secondary N) is 2. The van der Waals surface area contributed by atoms with Crippen LogP contribution in [0.1, 0.15) is 52.5 Å². The van der Waals surface area contributed by atoms with Gasteiger partial charge in [0.2, 0.25) is 0 Å². The van der Waals surface area contributed by atoms with Crippen molar-refractivity contribution in [2.45, 2.75) is 53.9 Å². The van der Waals surface area contributed by atoms with Crippen molar-refractivity contribution in [2.24, 2.45) is 4.99 Å². The molecule has 3 nitrogen and oxygen atoms in total. The highest BCUT2D eigenvalue weighted by molar-refractivity contribution is 6.36. The van der Waals surface area contributed by atoms with Gasteiger partial charge in [-0.05, 0) is 56.9 Å². The van der Waals surface area contributed by atoms with E-state index in [4.69, 9.17) is 16.6 Å². The summed E-state index contributed by atoms with van der Waals surface area (Å²) >= 11 is 6.81. The Kier molecular flexibility index (Phi) is 8.73. The molecule has 0 radical (unpaired) electrons. The molecule has 2 aromatic rings. The van der Waals surface area contributed by atoms with E-state index in [1.807, 2.05) is 38.2 Å². The van der Waals surface area contributed by atoms with E-state index in [1.54, 1.807) is 0 Å². The lowest BCUT2D eigenvalue weighted by Gasteiger charge is -2.16. The second-order valence-electron chi connectivity index (χ2n) is 7.53. The van der Waals surface area contributed by atoms with Crippen LogP contribution in [0.4, 0.5) is 11.4 Å². The Labute approximate surface area is 187 Å². The van der Waals surface area contributed by atoms with Crippen LogP contribution >= 0.6 is 11.6 Å². The molecule has 0 heterocycles. The highest BCUT2D eigenvalue weighted by Crippen LogP contribution is 2.37. The average Bonchev–Trinajstić information content (AvgIpc) is 2.73. The Morgan fingerprint density at radius 1 is 1.03 bits per heavy atom. The first-order chi connectivity index (χ1) is 14.3. The third-order valence-electron chi connectivity index (χ3n) is 5.37. The Bertz CT molecular complexity index is 970. The molecular formula is C26H34ClN3. The minimum Gasteiger partial charge on any atom is -0.388 e. The Morgan fingerprint density at radius 3 is 2.27 bits per heavy atom. The van der Waals surface area contributed by atoms with Crippen LogP contribution in [0.5, 0.6) is 0 Å². The number of benzene rings is 2. The number of rotatable bonds is 9. The SMILES string of the molecule is C=C(Nc1cccc(-c2cccc(NC)c2C)c1Cl)/C(C)=N/C(CC)=C(\C)CCC. The quantitative estimate of drug-likeness (QED) is 0.398. The van der Waals surface area contributed by atoms with E-state index >= 15 is 0 Å². The van der Waals surface area contributed by atoms with Crippen molar-refractivity contribution in [2.75, 3.05) is 17.7 Å². The highest BCUT2D eigenvalue weighted by atomic mass is 35.5. The summed E-state index contributed by atoms with van der Waals surface area (Å²) in [5.41, 5.74) is 9.29. The van der Waals surface area contributed by atoms with E-state index in [2.05, 4.69) is 57.0 Å². The monoisotopic (exact) mass is 423 g/mol. The first-order valence-corrected chi connectivity index (χ1v) is 11.0. The molecule has 0 saturated carbocycles. The summed E-state index contributed by atoms with van der Waals surface area (Å²) < 4.78 is 0. The van der Waals surface area contributed by atoms with Crippen molar-refractivity contribution in [3.05, 3.63) is 70.5 Å². The molecule has 2 rings (SSSR count). The minimum atomic E-state index is 0.677. The average molecular weight is 424 g/mol. The minimum absolute atomic E-state index is 0.677. The van der Waals surface area contributed by atoms with Crippen molar-refractivity contribution in [1.29, 1.82) is 0 Å². The molecule has 0 bridgehead atoms. The lowest BCUT2D eigenvalue weighted by atomic mass is 9.98. The van der Waals surface area contributed by atoms with Crippen LogP contribution in [0.3, 0.4) is 0 Å². The molecule has 4 heteroatoms. The number of halogens is 1. The smallest absolute Gasteiger partial charge is 0.0719 e. The number of anilines is 2. The van der Waals surface area contributed by atoms with Gasteiger partial charge in [-0.1, -0.05) is 68.3 Å². The summed E-state index contributed by atoms with van der Waals surface area (Å²) in [4.78, 5) is 4.84. The second-order valence-corrected chi connectivity index (χ2v) is 7.90. The standard InChI is InChI=1S/C26H34ClN3/c1-8-12-17(3)23(9-2)29-19(5)20(6)30-25-16-11-14-22(26(25)27)21-13-10-15-24(28-7)18(21)4/h10-11,13-16,28,30H,6,8-9,12H2,1-5,7H3/b23-17+,29-19+. The Hall–Kier alpha value is -2.52. The molecule has 0 aromatic heterocycles. The van der Waals surface area contributed by atoms with Crippen molar-refractivity contribution >= 4 is 28.7 Å². The molecule has 0 aliphatic heterocycles. The van der Waals surface area contributed by atoms with E-state index < -0.39 is 0 Å². The molecule has 0 aliphatic carbocycles. The van der Waals surface area contributed by atoms with Gasteiger partial charge in [0.05, 0.1) is 22.1 Å². The van der Waals surface area contributed by atoms with Gasteiger partial charge in [-0.2, -0.15) is 0 Å². The summed E-state index contributed by atoms with van der Waals surface area (Å²) in [5.74, 6) is 0. The van der Waals surface area contributed by atoms with Gasteiger partial charge >= 0.3 is 0 Å². The van der Waals surface area contributed by atoms with Crippen molar-refractivity contribution < 1.29 is 0 Å². The fraction of sp³-hybridized carbons (Fsp3) is 0.346. The van der Waals surface area contributed by atoms with E-state index in [0.29, 0.717) is 5.02 Å².